The number of aryl methyl sites for hydroxylation is 1. The van der Waals surface area contributed by atoms with Gasteiger partial charge < -0.3 is 5.32 Å². The van der Waals surface area contributed by atoms with Crippen LogP contribution in [0.2, 0.25) is 0 Å². The lowest BCUT2D eigenvalue weighted by molar-refractivity contribution is 0.509. The molecule has 1 aromatic carbocycles. The molecule has 0 aliphatic carbocycles. The Labute approximate surface area is 165 Å². The number of rotatable bonds is 8. The fourth-order valence-corrected chi connectivity index (χ4v) is 4.20. The van der Waals surface area contributed by atoms with Crippen LogP contribution < -0.4 is 10.0 Å². The minimum absolute atomic E-state index is 0.0732. The van der Waals surface area contributed by atoms with Gasteiger partial charge in [-0.15, -0.1) is 11.3 Å². The van der Waals surface area contributed by atoms with Crippen molar-refractivity contribution < 1.29 is 17.2 Å². The van der Waals surface area contributed by atoms with Gasteiger partial charge in [-0.3, -0.25) is 4.72 Å². The molecule has 28 heavy (non-hydrogen) atoms. The second-order valence-electron chi connectivity index (χ2n) is 5.86. The number of anilines is 2. The summed E-state index contributed by atoms with van der Waals surface area (Å²) in [7, 11) is -3.96. The number of benzene rings is 1. The number of aromatic nitrogens is 2. The van der Waals surface area contributed by atoms with E-state index in [1.807, 2.05) is 6.20 Å². The van der Waals surface area contributed by atoms with Gasteiger partial charge in [-0.2, -0.15) is 0 Å². The van der Waals surface area contributed by atoms with E-state index in [-0.39, 0.29) is 10.6 Å². The Morgan fingerprint density at radius 3 is 2.54 bits per heavy atom. The van der Waals surface area contributed by atoms with Crippen LogP contribution in [0.4, 0.5) is 20.3 Å². The van der Waals surface area contributed by atoms with Crippen molar-refractivity contribution in [2.45, 2.75) is 24.7 Å². The summed E-state index contributed by atoms with van der Waals surface area (Å²) in [6.45, 7) is 2.69. The molecule has 10 heteroatoms. The van der Waals surface area contributed by atoms with E-state index in [1.54, 1.807) is 17.4 Å². The summed E-state index contributed by atoms with van der Waals surface area (Å²) in [4.78, 5) is 9.57. The summed E-state index contributed by atoms with van der Waals surface area (Å²) in [5.41, 5.74) is -0.0732. The van der Waals surface area contributed by atoms with Crippen LogP contribution >= 0.6 is 11.3 Å². The molecule has 3 aromatic rings. The fraction of sp³-hybridized carbons (Fsp3) is 0.222. The molecule has 0 radical (unpaired) electrons. The van der Waals surface area contributed by atoms with Crippen molar-refractivity contribution in [3.63, 3.8) is 0 Å². The fourth-order valence-electron chi connectivity index (χ4n) is 2.34. The molecule has 6 nitrogen and oxygen atoms in total. The number of thiazole rings is 1. The van der Waals surface area contributed by atoms with E-state index in [0.29, 0.717) is 12.4 Å². The van der Waals surface area contributed by atoms with Gasteiger partial charge in [-0.05, 0) is 30.7 Å². The Morgan fingerprint density at radius 2 is 1.89 bits per heavy atom. The summed E-state index contributed by atoms with van der Waals surface area (Å²) in [6, 6.07) is 5.69. The first kappa shape index (κ1) is 20.2. The largest absolute Gasteiger partial charge is 0.370 e. The summed E-state index contributed by atoms with van der Waals surface area (Å²) in [5.74, 6) is -1.66. The maximum atomic E-state index is 13.2. The van der Waals surface area contributed by atoms with Gasteiger partial charge in [-0.1, -0.05) is 6.92 Å². The van der Waals surface area contributed by atoms with Crippen molar-refractivity contribution in [1.29, 1.82) is 0 Å². The zero-order chi connectivity index (χ0) is 20.1. The molecule has 0 fully saturated rings. The van der Waals surface area contributed by atoms with Gasteiger partial charge in [0.25, 0.3) is 10.0 Å². The highest BCUT2D eigenvalue weighted by Crippen LogP contribution is 2.19. The molecule has 0 saturated carbocycles. The van der Waals surface area contributed by atoms with Crippen LogP contribution in [0.3, 0.4) is 0 Å². The van der Waals surface area contributed by atoms with Crippen LogP contribution in [0.15, 0.2) is 47.6 Å². The average molecular weight is 424 g/mol. The summed E-state index contributed by atoms with van der Waals surface area (Å²) in [6.07, 6.45) is 4.77. The number of halogens is 2. The van der Waals surface area contributed by atoms with Gasteiger partial charge in [0, 0.05) is 36.3 Å². The van der Waals surface area contributed by atoms with Gasteiger partial charge in [0.2, 0.25) is 0 Å². The van der Waals surface area contributed by atoms with E-state index in [2.05, 4.69) is 26.9 Å². The van der Waals surface area contributed by atoms with Crippen molar-refractivity contribution >= 4 is 32.9 Å². The molecule has 0 aliphatic heterocycles. The predicted octanol–water partition coefficient (Wildman–Crippen LogP) is 3.83. The Hall–Kier alpha value is -2.59. The monoisotopic (exact) mass is 424 g/mol. The normalized spacial score (nSPS) is 11.4. The van der Waals surface area contributed by atoms with Crippen molar-refractivity contribution in [1.82, 2.24) is 9.97 Å². The van der Waals surface area contributed by atoms with Crippen LogP contribution in [-0.2, 0) is 22.9 Å². The van der Waals surface area contributed by atoms with Gasteiger partial charge in [0.05, 0.1) is 10.7 Å². The molecule has 2 aromatic heterocycles. The molecule has 0 amide bonds. The molecule has 0 atom stereocenters. The van der Waals surface area contributed by atoms with E-state index >= 15 is 0 Å². The van der Waals surface area contributed by atoms with E-state index in [0.717, 1.165) is 36.0 Å². The molecule has 0 unspecified atom stereocenters. The number of hydrogen-bond donors (Lipinski definition) is 2. The Bertz CT molecular complexity index is 1050. The highest BCUT2D eigenvalue weighted by atomic mass is 32.2. The molecule has 0 spiro atoms. The van der Waals surface area contributed by atoms with E-state index < -0.39 is 21.7 Å². The summed E-state index contributed by atoms with van der Waals surface area (Å²) >= 11 is 1.67. The van der Waals surface area contributed by atoms with Crippen LogP contribution in [0.25, 0.3) is 0 Å². The second kappa shape index (κ2) is 8.61. The molecule has 148 valence electrons. The maximum Gasteiger partial charge on any atom is 0.263 e. The quantitative estimate of drug-likeness (QED) is 0.574. The lowest BCUT2D eigenvalue weighted by atomic mass is 10.3. The number of pyridine rings is 1. The number of nitrogens with one attached hydrogen (secondary N) is 2. The number of hydrogen-bond acceptors (Lipinski definition) is 6. The van der Waals surface area contributed by atoms with Crippen molar-refractivity contribution in [2.24, 2.45) is 0 Å². The molecule has 0 saturated heterocycles. The van der Waals surface area contributed by atoms with Gasteiger partial charge >= 0.3 is 0 Å². The van der Waals surface area contributed by atoms with E-state index in [4.69, 9.17) is 0 Å². The maximum absolute atomic E-state index is 13.2. The third kappa shape index (κ3) is 5.02. The first-order valence-electron chi connectivity index (χ1n) is 8.49. The van der Waals surface area contributed by atoms with Crippen molar-refractivity contribution in [2.75, 3.05) is 16.6 Å². The Kier molecular flexibility index (Phi) is 6.20. The minimum atomic E-state index is -3.96. The molecule has 0 bridgehead atoms. The van der Waals surface area contributed by atoms with E-state index in [9.17, 15) is 17.2 Å². The molecular weight excluding hydrogens is 406 g/mol. The van der Waals surface area contributed by atoms with Crippen molar-refractivity contribution in [3.05, 3.63) is 64.2 Å². The van der Waals surface area contributed by atoms with Crippen molar-refractivity contribution in [3.8, 4) is 0 Å². The molecule has 3 rings (SSSR count). The van der Waals surface area contributed by atoms with Crippen LogP contribution in [0.1, 0.15) is 16.8 Å². The third-order valence-corrected chi connectivity index (χ3v) is 6.38. The first-order valence-corrected chi connectivity index (χ1v) is 10.8. The number of sulfonamides is 1. The summed E-state index contributed by atoms with van der Waals surface area (Å²) < 4.78 is 53.1. The topological polar surface area (TPSA) is 84.0 Å². The summed E-state index contributed by atoms with van der Waals surface area (Å²) in [5, 5.41) is 4.14. The average Bonchev–Trinajstić information content (AvgIpc) is 3.13. The smallest absolute Gasteiger partial charge is 0.263 e. The Balaban J connectivity index is 1.59. The standard InChI is InChI=1S/C18H18F2N4O2S2/c1-2-13-10-23-18(27-13)7-8-21-17-6-4-14(11-22-17)28(25,26)24-12-3-5-15(19)16(20)9-12/h3-6,9-11,24H,2,7-8H2,1H3,(H,21,22). The van der Waals surface area contributed by atoms with Crippen LogP contribution in [0, 0.1) is 11.6 Å². The number of nitrogens with zero attached hydrogens (tertiary/aromatic N) is 2. The molecular formula is C18H18F2N4O2S2. The highest BCUT2D eigenvalue weighted by molar-refractivity contribution is 7.92. The Morgan fingerprint density at radius 1 is 1.07 bits per heavy atom. The molecule has 0 aliphatic rings. The van der Waals surface area contributed by atoms with E-state index in [1.165, 1.54) is 17.1 Å². The highest BCUT2D eigenvalue weighted by Gasteiger charge is 2.16. The van der Waals surface area contributed by atoms with Gasteiger partial charge in [0.15, 0.2) is 11.6 Å². The predicted molar refractivity (Wildman–Crippen MR) is 105 cm³/mol. The third-order valence-electron chi connectivity index (χ3n) is 3.81. The second-order valence-corrected chi connectivity index (χ2v) is 8.75. The minimum Gasteiger partial charge on any atom is -0.370 e. The SMILES string of the molecule is CCc1cnc(CCNc2ccc(S(=O)(=O)Nc3ccc(F)c(F)c3)cn2)s1. The zero-order valence-corrected chi connectivity index (χ0v) is 16.6. The first-order chi connectivity index (χ1) is 13.4. The molecule has 2 heterocycles. The lowest BCUT2D eigenvalue weighted by Gasteiger charge is -2.09. The van der Waals surface area contributed by atoms with Gasteiger partial charge in [-0.25, -0.2) is 27.2 Å². The zero-order valence-electron chi connectivity index (χ0n) is 14.9. The van der Waals surface area contributed by atoms with Crippen LogP contribution in [-0.4, -0.2) is 24.9 Å². The molecule has 2 N–H and O–H groups in total. The van der Waals surface area contributed by atoms with Crippen LogP contribution in [0.5, 0.6) is 0 Å². The lowest BCUT2D eigenvalue weighted by Crippen LogP contribution is -2.14. The van der Waals surface area contributed by atoms with Gasteiger partial charge in [0.1, 0.15) is 10.7 Å².